The van der Waals surface area contributed by atoms with Gasteiger partial charge in [-0.3, -0.25) is 0 Å². The van der Waals surface area contributed by atoms with Gasteiger partial charge in [0.05, 0.1) is 4.90 Å². The smallest absolute Gasteiger partial charge is 0.245 e. The van der Waals surface area contributed by atoms with E-state index in [2.05, 4.69) is 10.1 Å². The van der Waals surface area contributed by atoms with Crippen molar-refractivity contribution >= 4 is 21.6 Å². The number of hydrogen-bond donors (Lipinski definition) is 0. The largest absolute Gasteiger partial charge is 0.337 e. The molecule has 146 valence electrons. The van der Waals surface area contributed by atoms with Crippen LogP contribution in [-0.2, 0) is 10.0 Å². The Bertz CT molecular complexity index is 1130. The molecule has 1 saturated heterocycles. The van der Waals surface area contributed by atoms with Crippen molar-refractivity contribution in [2.45, 2.75) is 30.7 Å². The highest BCUT2D eigenvalue weighted by molar-refractivity contribution is 7.89. The SMILES string of the molecule is Cc1ccc(S(=O)(=O)N2CCC[C@@H]2c2nc(-c3cccc(F)c3)no2)cc1Cl. The zero-order valence-electron chi connectivity index (χ0n) is 15.0. The summed E-state index contributed by atoms with van der Waals surface area (Å²) in [7, 11) is -3.78. The number of sulfonamides is 1. The minimum atomic E-state index is -3.78. The molecule has 1 fully saturated rings. The predicted molar refractivity (Wildman–Crippen MR) is 102 cm³/mol. The normalized spacial score (nSPS) is 17.9. The zero-order chi connectivity index (χ0) is 19.9. The number of aromatic nitrogens is 2. The molecule has 28 heavy (non-hydrogen) atoms. The Balaban J connectivity index is 1.66. The summed E-state index contributed by atoms with van der Waals surface area (Å²) in [5.74, 6) is 0.000781. The maximum absolute atomic E-state index is 13.4. The number of aryl methyl sites for hydroxylation is 1. The molecule has 0 radical (unpaired) electrons. The number of benzene rings is 2. The molecule has 0 saturated carbocycles. The standard InChI is InChI=1S/C19H17ClFN3O3S/c1-12-7-8-15(11-16(12)20)28(25,26)24-9-3-6-17(24)19-22-18(23-27-19)13-4-2-5-14(21)10-13/h2,4-5,7-8,10-11,17H,3,6,9H2,1H3/t17-/m1/s1. The molecule has 4 rings (SSSR count). The van der Waals surface area contributed by atoms with Gasteiger partial charge >= 0.3 is 0 Å². The molecule has 1 aromatic heterocycles. The fourth-order valence-electron chi connectivity index (χ4n) is 3.26. The van der Waals surface area contributed by atoms with Crippen LogP contribution in [0, 0.1) is 12.7 Å². The molecule has 6 nitrogen and oxygen atoms in total. The second-order valence-corrected chi connectivity index (χ2v) is 8.95. The van der Waals surface area contributed by atoms with E-state index in [0.717, 1.165) is 5.56 Å². The minimum absolute atomic E-state index is 0.125. The quantitative estimate of drug-likeness (QED) is 0.625. The van der Waals surface area contributed by atoms with Gasteiger partial charge in [-0.25, -0.2) is 12.8 Å². The van der Waals surface area contributed by atoms with Crippen LogP contribution < -0.4 is 0 Å². The topological polar surface area (TPSA) is 76.3 Å². The summed E-state index contributed by atoms with van der Waals surface area (Å²) in [5.41, 5.74) is 1.27. The first-order valence-corrected chi connectivity index (χ1v) is 10.6. The van der Waals surface area contributed by atoms with E-state index in [4.69, 9.17) is 16.1 Å². The molecule has 0 N–H and O–H groups in total. The Hall–Kier alpha value is -2.29. The van der Waals surface area contributed by atoms with Crippen molar-refractivity contribution in [3.05, 3.63) is 64.8 Å². The minimum Gasteiger partial charge on any atom is -0.337 e. The highest BCUT2D eigenvalue weighted by atomic mass is 35.5. The van der Waals surface area contributed by atoms with Crippen LogP contribution in [0.2, 0.25) is 5.02 Å². The van der Waals surface area contributed by atoms with E-state index in [1.165, 1.54) is 28.6 Å². The lowest BCUT2D eigenvalue weighted by Crippen LogP contribution is -2.30. The summed E-state index contributed by atoms with van der Waals surface area (Å²) in [6, 6.07) is 9.93. The monoisotopic (exact) mass is 421 g/mol. The van der Waals surface area contributed by atoms with Gasteiger partial charge in [0.25, 0.3) is 0 Å². The van der Waals surface area contributed by atoms with Crippen molar-refractivity contribution in [3.63, 3.8) is 0 Å². The third kappa shape index (κ3) is 3.43. The first-order chi connectivity index (χ1) is 13.4. The third-order valence-corrected chi connectivity index (χ3v) is 7.07. The van der Waals surface area contributed by atoms with Gasteiger partial charge in [0, 0.05) is 17.1 Å². The van der Waals surface area contributed by atoms with Gasteiger partial charge in [0.15, 0.2) is 0 Å². The van der Waals surface area contributed by atoms with Gasteiger partial charge in [0.2, 0.25) is 21.7 Å². The van der Waals surface area contributed by atoms with E-state index >= 15 is 0 Å². The van der Waals surface area contributed by atoms with Crippen LogP contribution in [0.4, 0.5) is 4.39 Å². The van der Waals surface area contributed by atoms with E-state index in [0.29, 0.717) is 30.0 Å². The summed E-state index contributed by atoms with van der Waals surface area (Å²) in [6.07, 6.45) is 1.23. The van der Waals surface area contributed by atoms with Crippen molar-refractivity contribution in [1.29, 1.82) is 0 Å². The lowest BCUT2D eigenvalue weighted by atomic mass is 10.2. The van der Waals surface area contributed by atoms with Crippen molar-refractivity contribution in [3.8, 4) is 11.4 Å². The van der Waals surface area contributed by atoms with Gasteiger partial charge in [-0.1, -0.05) is 35.0 Å². The fourth-order valence-corrected chi connectivity index (χ4v) is 5.18. The lowest BCUT2D eigenvalue weighted by Gasteiger charge is -2.21. The third-order valence-electron chi connectivity index (χ3n) is 4.76. The molecule has 2 aromatic carbocycles. The zero-order valence-corrected chi connectivity index (χ0v) is 16.5. The number of nitrogens with zero attached hydrogens (tertiary/aromatic N) is 3. The Labute approximate surface area is 167 Å². The second kappa shape index (κ2) is 7.27. The number of halogens is 2. The van der Waals surface area contributed by atoms with E-state index in [1.54, 1.807) is 18.2 Å². The molecule has 0 amide bonds. The van der Waals surface area contributed by atoms with E-state index in [9.17, 15) is 12.8 Å². The number of hydrogen-bond acceptors (Lipinski definition) is 5. The molecular weight excluding hydrogens is 405 g/mol. The summed E-state index contributed by atoms with van der Waals surface area (Å²) in [4.78, 5) is 4.44. The first-order valence-electron chi connectivity index (χ1n) is 8.74. The Morgan fingerprint density at radius 3 is 2.82 bits per heavy atom. The fraction of sp³-hybridized carbons (Fsp3) is 0.263. The molecule has 1 atom stereocenters. The maximum atomic E-state index is 13.4. The van der Waals surface area contributed by atoms with Crippen molar-refractivity contribution in [1.82, 2.24) is 14.4 Å². The van der Waals surface area contributed by atoms with E-state index in [-0.39, 0.29) is 16.6 Å². The maximum Gasteiger partial charge on any atom is 0.245 e. The molecule has 0 bridgehead atoms. The van der Waals surface area contributed by atoms with Gasteiger partial charge in [0.1, 0.15) is 11.9 Å². The van der Waals surface area contributed by atoms with Crippen LogP contribution in [0.25, 0.3) is 11.4 Å². The first kappa shape index (κ1) is 19.0. The van der Waals surface area contributed by atoms with E-state index < -0.39 is 21.9 Å². The van der Waals surface area contributed by atoms with Gasteiger partial charge in [-0.05, 0) is 49.6 Å². The molecule has 1 aliphatic heterocycles. The molecule has 9 heteroatoms. The van der Waals surface area contributed by atoms with E-state index in [1.807, 2.05) is 6.92 Å². The molecule has 0 aliphatic carbocycles. The second-order valence-electron chi connectivity index (χ2n) is 6.65. The molecule has 1 aliphatic rings. The predicted octanol–water partition coefficient (Wildman–Crippen LogP) is 4.36. The molecule has 0 spiro atoms. The number of rotatable bonds is 4. The molecule has 2 heterocycles. The molecular formula is C19H17ClFN3O3S. The summed E-state index contributed by atoms with van der Waals surface area (Å²) >= 11 is 6.11. The van der Waals surface area contributed by atoms with Crippen molar-refractivity contribution in [2.24, 2.45) is 0 Å². The summed E-state index contributed by atoms with van der Waals surface area (Å²) in [6.45, 7) is 2.15. The summed E-state index contributed by atoms with van der Waals surface area (Å²) in [5, 5.41) is 4.28. The lowest BCUT2D eigenvalue weighted by molar-refractivity contribution is 0.290. The summed E-state index contributed by atoms with van der Waals surface area (Å²) < 4.78 is 46.4. The molecule has 3 aromatic rings. The van der Waals surface area contributed by atoms with Crippen LogP contribution in [0.15, 0.2) is 51.9 Å². The highest BCUT2D eigenvalue weighted by Crippen LogP contribution is 2.37. The Morgan fingerprint density at radius 2 is 2.07 bits per heavy atom. The van der Waals surface area contributed by atoms with Gasteiger partial charge in [-0.2, -0.15) is 9.29 Å². The average Bonchev–Trinajstić information content (AvgIpc) is 3.33. The van der Waals surface area contributed by atoms with Gasteiger partial charge in [-0.15, -0.1) is 0 Å². The highest BCUT2D eigenvalue weighted by Gasteiger charge is 2.39. The average molecular weight is 422 g/mol. The van der Waals surface area contributed by atoms with Crippen LogP contribution in [0.1, 0.15) is 30.3 Å². The van der Waals surface area contributed by atoms with Crippen LogP contribution in [-0.4, -0.2) is 29.4 Å². The Kier molecular flexibility index (Phi) is 4.95. The van der Waals surface area contributed by atoms with Gasteiger partial charge < -0.3 is 4.52 Å². The molecule has 0 unspecified atom stereocenters. The van der Waals surface area contributed by atoms with Crippen molar-refractivity contribution < 1.29 is 17.3 Å². The Morgan fingerprint density at radius 1 is 1.25 bits per heavy atom. The van der Waals surface area contributed by atoms with Crippen molar-refractivity contribution in [2.75, 3.05) is 6.54 Å². The van der Waals surface area contributed by atoms with Crippen LogP contribution in [0.5, 0.6) is 0 Å². The van der Waals surface area contributed by atoms with Crippen LogP contribution >= 0.6 is 11.6 Å². The van der Waals surface area contributed by atoms with Crippen LogP contribution in [0.3, 0.4) is 0 Å².